The number of aliphatic hydroxyl groups excluding tert-OH is 1. The molecule has 226 valence electrons. The largest absolute Gasteiger partial charge is 0.523 e. The minimum Gasteiger partial charge on any atom is -0.523 e. The average Bonchev–Trinajstić information content (AvgIpc) is 3.37. The Kier molecular flexibility index (Phi) is 6.27. The van der Waals surface area contributed by atoms with Crippen molar-refractivity contribution in [3.63, 3.8) is 0 Å². The molecule has 3 fully saturated rings. The predicted molar refractivity (Wildman–Crippen MR) is 156 cm³/mol. The van der Waals surface area contributed by atoms with Gasteiger partial charge in [-0.05, 0) is 97.4 Å². The van der Waals surface area contributed by atoms with Crippen molar-refractivity contribution in [2.75, 3.05) is 7.11 Å². The Bertz CT molecular complexity index is 1470. The molecule has 8 heteroatoms. The molecule has 0 aliphatic heterocycles. The molecule has 0 spiro atoms. The van der Waals surface area contributed by atoms with Crippen LogP contribution in [0.3, 0.4) is 0 Å². The molecule has 1 aromatic heterocycles. The summed E-state index contributed by atoms with van der Waals surface area (Å²) in [7, 11) is 1.48. The van der Waals surface area contributed by atoms with E-state index in [0.29, 0.717) is 23.9 Å². The van der Waals surface area contributed by atoms with E-state index in [4.69, 9.17) is 15.7 Å². The first-order valence-corrected chi connectivity index (χ1v) is 15.5. The fourth-order valence-electron chi connectivity index (χ4n) is 11.1. The molecule has 0 saturated heterocycles. The summed E-state index contributed by atoms with van der Waals surface area (Å²) in [4.78, 5) is 31.4. The minimum absolute atomic E-state index is 0.0119. The lowest BCUT2D eigenvalue weighted by Gasteiger charge is -2.68. The fourth-order valence-corrected chi connectivity index (χ4v) is 11.1. The number of esters is 1. The van der Waals surface area contributed by atoms with Crippen LogP contribution in [0.15, 0.2) is 27.5 Å². The van der Waals surface area contributed by atoms with Crippen molar-refractivity contribution in [2.24, 2.45) is 51.2 Å². The van der Waals surface area contributed by atoms with Gasteiger partial charge in [-0.3, -0.25) is 9.59 Å². The van der Waals surface area contributed by atoms with Gasteiger partial charge in [0.25, 0.3) is 0 Å². The van der Waals surface area contributed by atoms with E-state index in [1.807, 2.05) is 13.0 Å². The predicted octanol–water partition coefficient (Wildman–Crippen LogP) is 6.92. The number of aryl methyl sites for hydroxylation is 1. The molecule has 1 N–H and O–H groups in total. The molecule has 0 amide bonds. The van der Waals surface area contributed by atoms with Gasteiger partial charge in [-0.15, -0.1) is 10.2 Å². The van der Waals surface area contributed by atoms with E-state index in [-0.39, 0.29) is 63.3 Å². The van der Waals surface area contributed by atoms with Crippen molar-refractivity contribution in [1.82, 2.24) is 10.2 Å². The zero-order chi connectivity index (χ0) is 30.6. The van der Waals surface area contributed by atoms with Crippen LogP contribution in [0, 0.1) is 64.7 Å². The summed E-state index contributed by atoms with van der Waals surface area (Å²) in [6.45, 7) is 22.9. The Morgan fingerprint density at radius 3 is 2.43 bits per heavy atom. The Morgan fingerprint density at radius 2 is 1.81 bits per heavy atom. The van der Waals surface area contributed by atoms with Gasteiger partial charge in [0.15, 0.2) is 5.78 Å². The second-order valence-electron chi connectivity index (χ2n) is 15.7. The maximum Gasteiger partial charge on any atom is 0.308 e. The van der Waals surface area contributed by atoms with E-state index in [1.165, 1.54) is 7.11 Å². The van der Waals surface area contributed by atoms with Crippen LogP contribution in [0.4, 0.5) is 0 Å². The molecule has 1 aromatic rings. The smallest absolute Gasteiger partial charge is 0.308 e. The molecule has 42 heavy (non-hydrogen) atoms. The lowest BCUT2D eigenvalue weighted by atomic mass is 9.35. The van der Waals surface area contributed by atoms with Crippen molar-refractivity contribution < 1.29 is 23.8 Å². The van der Waals surface area contributed by atoms with E-state index in [1.54, 1.807) is 6.92 Å². The quantitative estimate of drug-likeness (QED) is 0.301. The van der Waals surface area contributed by atoms with Crippen molar-refractivity contribution in [2.45, 2.75) is 98.8 Å². The first-order valence-electron chi connectivity index (χ1n) is 15.5. The molecule has 9 atom stereocenters. The van der Waals surface area contributed by atoms with Gasteiger partial charge in [-0.25, -0.2) is 4.85 Å². The third-order valence-electron chi connectivity index (χ3n) is 13.1. The Labute approximate surface area is 249 Å². The van der Waals surface area contributed by atoms with Crippen LogP contribution in [0.5, 0.6) is 0 Å². The van der Waals surface area contributed by atoms with Gasteiger partial charge in [0, 0.05) is 12.8 Å². The van der Waals surface area contributed by atoms with Gasteiger partial charge < -0.3 is 14.3 Å². The number of nitrogens with zero attached hydrogens (tertiary/aromatic N) is 3. The summed E-state index contributed by atoms with van der Waals surface area (Å²) < 4.78 is 11.2. The zero-order valence-electron chi connectivity index (χ0n) is 26.3. The number of hydrogen-bond donors (Lipinski definition) is 1. The monoisotopic (exact) mass is 575 g/mol. The van der Waals surface area contributed by atoms with E-state index in [2.05, 4.69) is 49.7 Å². The summed E-state index contributed by atoms with van der Waals surface area (Å²) in [5.74, 6) is 0.537. The van der Waals surface area contributed by atoms with Gasteiger partial charge in [0.1, 0.15) is 5.76 Å². The van der Waals surface area contributed by atoms with Crippen molar-refractivity contribution in [1.29, 1.82) is 0 Å². The van der Waals surface area contributed by atoms with E-state index in [0.717, 1.165) is 44.1 Å². The van der Waals surface area contributed by atoms with E-state index in [9.17, 15) is 14.7 Å². The molecule has 0 radical (unpaired) electrons. The number of methoxy groups -OCH3 is 1. The van der Waals surface area contributed by atoms with Crippen LogP contribution in [-0.2, 0) is 19.7 Å². The van der Waals surface area contributed by atoms with Gasteiger partial charge in [0.05, 0.1) is 25.0 Å². The minimum atomic E-state index is -1.03. The van der Waals surface area contributed by atoms with Crippen LogP contribution in [0.1, 0.15) is 98.3 Å². The van der Waals surface area contributed by atoms with Gasteiger partial charge in [-0.2, -0.15) is 0 Å². The Morgan fingerprint density at radius 1 is 1.10 bits per heavy atom. The van der Waals surface area contributed by atoms with Crippen LogP contribution < -0.4 is 0 Å². The molecule has 0 aromatic carbocycles. The Hall–Kier alpha value is -2.95. The second-order valence-corrected chi connectivity index (χ2v) is 15.7. The standard InChI is InChI=1S/C34H45N3O5/c1-18-36-37-29(42-18)34(7)24-11-13-32(5)25(31(24,4)17-22(35-8)27(34)39)14-23(38)26-20-15-30(2,3)16-21(28(40)41-9)19(20)10-12-33(26,32)6/h14,19-21,24,26,39H,10-13,15-17H2,1-7,9H3/t19?,20-,21-,24-,26+,31+,32-,33-,34+/m1/s1. The average molecular weight is 576 g/mol. The zero-order valence-corrected chi connectivity index (χ0v) is 26.3. The van der Waals surface area contributed by atoms with Crippen LogP contribution in [-0.4, -0.2) is 34.2 Å². The number of aliphatic hydroxyl groups is 1. The highest BCUT2D eigenvalue weighted by Gasteiger charge is 2.70. The first-order chi connectivity index (χ1) is 19.6. The van der Waals surface area contributed by atoms with E-state index >= 15 is 0 Å². The first kappa shape index (κ1) is 29.1. The lowest BCUT2D eigenvalue weighted by Crippen LogP contribution is -2.64. The molecule has 5 aliphatic rings. The van der Waals surface area contributed by atoms with Crippen LogP contribution in [0.25, 0.3) is 4.85 Å². The topological polar surface area (TPSA) is 107 Å². The number of fused-ring (bicyclic) bond motifs is 7. The number of carbonyl (C=O) groups is 2. The van der Waals surface area contributed by atoms with Crippen LogP contribution in [0.2, 0.25) is 0 Å². The molecule has 6 rings (SSSR count). The number of ketones is 1. The number of hydrogen-bond acceptors (Lipinski definition) is 7. The van der Waals surface area contributed by atoms with Gasteiger partial charge in [-0.1, -0.05) is 40.2 Å². The van der Waals surface area contributed by atoms with Crippen molar-refractivity contribution >= 4 is 11.8 Å². The number of rotatable bonds is 2. The molecule has 8 nitrogen and oxygen atoms in total. The molecular formula is C34H45N3O5. The summed E-state index contributed by atoms with van der Waals surface area (Å²) in [6, 6.07) is 0. The number of aromatic nitrogens is 2. The highest BCUT2D eigenvalue weighted by Crippen LogP contribution is 2.74. The maximum atomic E-state index is 14.6. The summed E-state index contributed by atoms with van der Waals surface area (Å²) in [5, 5.41) is 20.0. The number of ether oxygens (including phenoxy) is 1. The molecule has 0 bridgehead atoms. The summed E-state index contributed by atoms with van der Waals surface area (Å²) in [5.41, 5.74) is -0.827. The molecule has 5 aliphatic carbocycles. The molecule has 1 heterocycles. The van der Waals surface area contributed by atoms with Crippen LogP contribution >= 0.6 is 0 Å². The maximum absolute atomic E-state index is 14.6. The SMILES string of the molecule is [C-]#[N+]C1=C(O)[C@@](C)(c2nnc(C)o2)[C@@H]2CC[C@]3(C)C(=CC(=O)[C@@H]4[C@@H]5CC(C)(C)C[C@@H](C(=O)OC)C5CC[C@]43C)[C@@]2(C)C1. The highest BCUT2D eigenvalue weighted by atomic mass is 16.5. The third kappa shape index (κ3) is 3.58. The fraction of sp³-hybridized carbons (Fsp3) is 0.735. The van der Waals surface area contributed by atoms with Crippen molar-refractivity contribution in [3.05, 3.63) is 46.3 Å². The van der Waals surface area contributed by atoms with E-state index < -0.39 is 10.8 Å². The molecule has 1 unspecified atom stereocenters. The third-order valence-corrected chi connectivity index (χ3v) is 13.1. The number of carbonyl (C=O) groups excluding carboxylic acids is 2. The van der Waals surface area contributed by atoms with Gasteiger partial charge >= 0.3 is 5.97 Å². The highest BCUT2D eigenvalue weighted by molar-refractivity contribution is 5.95. The summed E-state index contributed by atoms with van der Waals surface area (Å²) in [6.07, 6.45) is 7.42. The molecule has 3 saturated carbocycles. The van der Waals surface area contributed by atoms with Gasteiger partial charge in [0.2, 0.25) is 17.5 Å². The van der Waals surface area contributed by atoms with Crippen molar-refractivity contribution in [3.8, 4) is 0 Å². The lowest BCUT2D eigenvalue weighted by molar-refractivity contribution is -0.172. The normalized spacial score (nSPS) is 44.1. The Balaban J connectivity index is 1.49. The number of allylic oxidation sites excluding steroid dienone is 4. The molecular weight excluding hydrogens is 530 g/mol. The summed E-state index contributed by atoms with van der Waals surface area (Å²) >= 11 is 0. The second kappa shape index (κ2) is 9.03.